The highest BCUT2D eigenvalue weighted by Gasteiger charge is 2.18. The molecule has 3 rings (SSSR count). The van der Waals surface area contributed by atoms with Gasteiger partial charge in [-0.2, -0.15) is 0 Å². The minimum Gasteiger partial charge on any atom is -0.495 e. The van der Waals surface area contributed by atoms with Gasteiger partial charge in [0.15, 0.2) is 5.13 Å². The summed E-state index contributed by atoms with van der Waals surface area (Å²) in [6, 6.07) is 6.04. The minimum absolute atomic E-state index is 0.0514. The Labute approximate surface area is 190 Å². The molecule has 0 bridgehead atoms. The second-order valence-corrected chi connectivity index (χ2v) is 10.3. The van der Waals surface area contributed by atoms with Crippen molar-refractivity contribution < 1.29 is 28.6 Å². The number of allylic oxidation sites excluding steroid dienone is 2. The van der Waals surface area contributed by atoms with Crippen LogP contribution in [0.25, 0.3) is 0 Å². The molecule has 8 nitrogen and oxygen atoms in total. The number of carbonyl (C=O) groups excluding carboxylic acids is 1. The van der Waals surface area contributed by atoms with E-state index in [1.54, 1.807) is 36.6 Å². The number of nitrogens with zero attached hydrogens (tertiary/aromatic N) is 1. The molecule has 170 valence electrons. The van der Waals surface area contributed by atoms with E-state index in [2.05, 4.69) is 10.3 Å². The molecule has 0 spiro atoms. The first-order valence-corrected chi connectivity index (χ1v) is 12.3. The van der Waals surface area contributed by atoms with E-state index < -0.39 is 7.60 Å². The summed E-state index contributed by atoms with van der Waals surface area (Å²) < 4.78 is 23.2. The van der Waals surface area contributed by atoms with Crippen LogP contribution in [0.5, 0.6) is 0 Å². The number of hydrogen-bond acceptors (Lipinski definition) is 6. The smallest absolute Gasteiger partial charge is 0.356 e. The zero-order valence-corrected chi connectivity index (χ0v) is 19.7. The molecule has 0 saturated carbocycles. The van der Waals surface area contributed by atoms with Crippen LogP contribution in [0.15, 0.2) is 65.8 Å². The third kappa shape index (κ3) is 6.90. The Hall–Kier alpha value is -2.71. The number of amides is 1. The maximum atomic E-state index is 12.8. The molecule has 0 unspecified atom stereocenters. The summed E-state index contributed by atoms with van der Waals surface area (Å²) in [7, 11) is -4.36. The van der Waals surface area contributed by atoms with Gasteiger partial charge in [-0.15, -0.1) is 11.3 Å². The highest BCUT2D eigenvalue weighted by Crippen LogP contribution is 2.33. The zero-order valence-electron chi connectivity index (χ0n) is 17.9. The Morgan fingerprint density at radius 1 is 1.31 bits per heavy atom. The topological polar surface area (TPSA) is 118 Å². The lowest BCUT2D eigenvalue weighted by Gasteiger charge is -2.13. The van der Waals surface area contributed by atoms with E-state index in [0.29, 0.717) is 34.2 Å². The fourth-order valence-corrected chi connectivity index (χ4v) is 4.16. The van der Waals surface area contributed by atoms with E-state index in [1.165, 1.54) is 23.5 Å². The second-order valence-electron chi connectivity index (χ2n) is 7.42. The number of ether oxygens (including phenoxy) is 2. The maximum Gasteiger partial charge on any atom is 0.356 e. The molecule has 0 radical (unpaired) electrons. The minimum atomic E-state index is -4.36. The molecule has 0 saturated heterocycles. The van der Waals surface area contributed by atoms with E-state index in [0.717, 1.165) is 4.88 Å². The lowest BCUT2D eigenvalue weighted by molar-refractivity contribution is -0.112. The van der Waals surface area contributed by atoms with Gasteiger partial charge in [0, 0.05) is 29.1 Å². The van der Waals surface area contributed by atoms with Crippen LogP contribution in [-0.2, 0) is 25.4 Å². The molecule has 1 aliphatic rings. The Bertz CT molecular complexity index is 1130. The lowest BCUT2D eigenvalue weighted by Crippen LogP contribution is -2.13. The first-order valence-electron chi connectivity index (χ1n) is 9.91. The average molecular weight is 476 g/mol. The summed E-state index contributed by atoms with van der Waals surface area (Å²) in [6.45, 7) is 5.79. The summed E-state index contributed by atoms with van der Waals surface area (Å²) in [6.07, 6.45) is 7.14. The van der Waals surface area contributed by atoms with Crippen molar-refractivity contribution >= 4 is 35.3 Å². The number of hydrogen-bond donors (Lipinski definition) is 3. The fraction of sp³-hybridized carbons (Fsp3) is 0.273. The summed E-state index contributed by atoms with van der Waals surface area (Å²) >= 11 is 1.38. The van der Waals surface area contributed by atoms with Crippen molar-refractivity contribution in [1.82, 2.24) is 4.98 Å². The van der Waals surface area contributed by atoms with Crippen molar-refractivity contribution in [3.63, 3.8) is 0 Å². The van der Waals surface area contributed by atoms with Crippen LogP contribution in [0.1, 0.15) is 30.7 Å². The Balaban J connectivity index is 1.80. The second kappa shape index (κ2) is 10.3. The van der Waals surface area contributed by atoms with Crippen molar-refractivity contribution in [2.24, 2.45) is 0 Å². The number of rotatable bonds is 8. The molecule has 1 amide bonds. The zero-order chi connectivity index (χ0) is 23.3. The number of anilines is 1. The molecular formula is C22H25N2O6PS. The summed E-state index contributed by atoms with van der Waals surface area (Å²) in [5.74, 6) is 0.725. The van der Waals surface area contributed by atoms with Crippen LogP contribution in [0, 0.1) is 6.92 Å². The van der Waals surface area contributed by atoms with Crippen LogP contribution in [0.4, 0.5) is 5.13 Å². The highest BCUT2D eigenvalue weighted by atomic mass is 32.1. The summed E-state index contributed by atoms with van der Waals surface area (Å²) in [4.78, 5) is 36.7. The molecular weight excluding hydrogens is 451 g/mol. The average Bonchev–Trinajstić information content (AvgIpc) is 3.01. The van der Waals surface area contributed by atoms with Gasteiger partial charge in [0.05, 0.1) is 11.4 Å². The largest absolute Gasteiger partial charge is 0.495 e. The van der Waals surface area contributed by atoms with Gasteiger partial charge in [-0.25, -0.2) is 4.98 Å². The number of aryl methyl sites for hydroxylation is 1. The van der Waals surface area contributed by atoms with E-state index in [-0.39, 0.29) is 23.9 Å². The van der Waals surface area contributed by atoms with Gasteiger partial charge < -0.3 is 19.3 Å². The van der Waals surface area contributed by atoms with Crippen LogP contribution in [0.2, 0.25) is 0 Å². The van der Waals surface area contributed by atoms with Crippen LogP contribution in [0.3, 0.4) is 0 Å². The van der Waals surface area contributed by atoms with Crippen LogP contribution < -0.4 is 10.6 Å². The van der Waals surface area contributed by atoms with Gasteiger partial charge in [0.25, 0.3) is 5.91 Å². The Kier molecular flexibility index (Phi) is 7.69. The van der Waals surface area contributed by atoms with Crippen molar-refractivity contribution in [3.8, 4) is 0 Å². The van der Waals surface area contributed by atoms with Gasteiger partial charge in [-0.05, 0) is 44.5 Å². The lowest BCUT2D eigenvalue weighted by atomic mass is 10.2. The number of carbonyl (C=O) groups is 1. The fourth-order valence-electron chi connectivity index (χ4n) is 2.88. The van der Waals surface area contributed by atoms with Gasteiger partial charge in [0.2, 0.25) is 0 Å². The quantitative estimate of drug-likeness (QED) is 0.494. The third-order valence-electron chi connectivity index (χ3n) is 4.27. The predicted octanol–water partition coefficient (Wildman–Crippen LogP) is 3.93. The molecule has 32 heavy (non-hydrogen) atoms. The molecule has 3 N–H and O–H groups in total. The van der Waals surface area contributed by atoms with E-state index >= 15 is 0 Å². The predicted molar refractivity (Wildman–Crippen MR) is 123 cm³/mol. The number of thiazole rings is 1. The third-order valence-corrected chi connectivity index (χ3v) is 6.05. The van der Waals surface area contributed by atoms with Crippen LogP contribution in [-0.4, -0.2) is 26.8 Å². The van der Waals surface area contributed by atoms with Crippen molar-refractivity contribution in [1.29, 1.82) is 0 Å². The molecule has 1 aliphatic carbocycles. The van der Waals surface area contributed by atoms with Gasteiger partial charge in [0.1, 0.15) is 18.1 Å². The Morgan fingerprint density at radius 3 is 2.75 bits per heavy atom. The molecule has 2 aromatic rings. The molecule has 1 heterocycles. The van der Waals surface area contributed by atoms with Gasteiger partial charge >= 0.3 is 7.60 Å². The molecule has 0 atom stereocenters. The van der Waals surface area contributed by atoms with Gasteiger partial charge in [-0.1, -0.05) is 18.2 Å². The van der Waals surface area contributed by atoms with E-state index in [4.69, 9.17) is 9.47 Å². The number of nitrogens with one attached hydrogen (secondary N) is 1. The highest BCUT2D eigenvalue weighted by molar-refractivity contribution is 7.60. The van der Waals surface area contributed by atoms with E-state index in [9.17, 15) is 19.1 Å². The standard InChI is InChI=1S/C22H25N2O6PS/c1-14(2)30-18-8-7-17(21(25)24-22-23-12-15(3)32-22)10-19(11-18)29-13-16-5-4-6-20(9-16)31(26,27)28/h4-7,9-12,14H,8,13H2,1-3H3,(H,23,24,25)(H2,26,27,28). The maximum absolute atomic E-state index is 12.8. The molecule has 1 aromatic heterocycles. The molecule has 10 heteroatoms. The first-order chi connectivity index (χ1) is 15.1. The number of aromatic nitrogens is 1. The molecule has 0 aliphatic heterocycles. The molecule has 0 fully saturated rings. The van der Waals surface area contributed by atoms with Crippen molar-refractivity contribution in [2.75, 3.05) is 5.32 Å². The number of benzene rings is 1. The van der Waals surface area contributed by atoms with Gasteiger partial charge in [-0.3, -0.25) is 14.7 Å². The SMILES string of the molecule is Cc1cnc(NC(=O)C2=CCC(OC(C)C)=CC(OCc3cccc(P(=O)(O)O)c3)=C2)s1. The summed E-state index contributed by atoms with van der Waals surface area (Å²) in [5, 5.41) is 3.22. The molecule has 1 aromatic carbocycles. The van der Waals surface area contributed by atoms with Crippen LogP contribution >= 0.6 is 18.9 Å². The van der Waals surface area contributed by atoms with E-state index in [1.807, 2.05) is 20.8 Å². The van der Waals surface area contributed by atoms with Crippen molar-refractivity contribution in [2.45, 2.75) is 39.9 Å². The Morgan fingerprint density at radius 2 is 2.09 bits per heavy atom. The van der Waals surface area contributed by atoms with Crippen molar-refractivity contribution in [3.05, 3.63) is 76.2 Å². The first kappa shape index (κ1) is 23.9. The summed E-state index contributed by atoms with van der Waals surface area (Å²) in [5.41, 5.74) is 0.986. The monoisotopic (exact) mass is 476 g/mol. The normalized spacial score (nSPS) is 14.2.